The van der Waals surface area contributed by atoms with Gasteiger partial charge in [-0.25, -0.2) is 0 Å². The van der Waals surface area contributed by atoms with Gasteiger partial charge in [-0.15, -0.1) is 11.3 Å². The number of carbonyl (C=O) groups excluding carboxylic acids is 1. The Morgan fingerprint density at radius 3 is 2.87 bits per heavy atom. The molecule has 0 unspecified atom stereocenters. The molecule has 0 aliphatic carbocycles. The Balaban J connectivity index is 1.69. The van der Waals surface area contributed by atoms with Gasteiger partial charge < -0.3 is 15.2 Å². The van der Waals surface area contributed by atoms with Gasteiger partial charge in [-0.05, 0) is 29.5 Å². The molecule has 2 atom stereocenters. The smallest absolute Gasteiger partial charge is 0.305 e. The molecule has 1 aromatic carbocycles. The van der Waals surface area contributed by atoms with Gasteiger partial charge in [0, 0.05) is 4.88 Å². The van der Waals surface area contributed by atoms with Gasteiger partial charge in [0.15, 0.2) is 0 Å². The molecule has 1 aromatic heterocycles. The summed E-state index contributed by atoms with van der Waals surface area (Å²) in [6, 6.07) is 10.8. The Bertz CT molecular complexity index is 698. The Morgan fingerprint density at radius 2 is 2.13 bits per heavy atom. The number of para-hydroxylation sites is 1. The largest absolute Gasteiger partial charge is 0.492 e. The number of thiophene rings is 1. The molecule has 5 nitrogen and oxygen atoms in total. The van der Waals surface area contributed by atoms with Crippen LogP contribution in [0.3, 0.4) is 0 Å². The molecule has 2 aromatic rings. The van der Waals surface area contributed by atoms with Gasteiger partial charge in [-0.2, -0.15) is 0 Å². The summed E-state index contributed by atoms with van der Waals surface area (Å²) < 4.78 is 5.64. The van der Waals surface area contributed by atoms with Crippen LogP contribution in [0, 0.1) is 5.92 Å². The van der Waals surface area contributed by atoms with E-state index in [0.29, 0.717) is 13.0 Å². The van der Waals surface area contributed by atoms with Gasteiger partial charge >= 0.3 is 5.97 Å². The number of rotatable bonds is 5. The Kier molecular flexibility index (Phi) is 4.62. The van der Waals surface area contributed by atoms with Crippen molar-refractivity contribution in [2.45, 2.75) is 18.9 Å². The van der Waals surface area contributed by atoms with Crippen molar-refractivity contribution in [2.24, 2.45) is 5.92 Å². The minimum absolute atomic E-state index is 0.129. The van der Waals surface area contributed by atoms with Crippen molar-refractivity contribution in [3.63, 3.8) is 0 Å². The summed E-state index contributed by atoms with van der Waals surface area (Å²) in [6.45, 7) is 0.313. The SMILES string of the molecule is O=C(O)C[C@H](NC(=O)[C@H]1COc2ccccc2C1)c1cccs1. The van der Waals surface area contributed by atoms with Gasteiger partial charge in [-0.3, -0.25) is 9.59 Å². The first-order chi connectivity index (χ1) is 11.1. The third-order valence-corrected chi connectivity index (χ3v) is 4.82. The minimum Gasteiger partial charge on any atom is -0.492 e. The summed E-state index contributed by atoms with van der Waals surface area (Å²) in [4.78, 5) is 24.4. The molecule has 3 rings (SSSR count). The van der Waals surface area contributed by atoms with Crippen molar-refractivity contribution in [2.75, 3.05) is 6.61 Å². The van der Waals surface area contributed by atoms with Crippen molar-refractivity contribution >= 4 is 23.2 Å². The van der Waals surface area contributed by atoms with Crippen molar-refractivity contribution in [3.05, 3.63) is 52.2 Å². The van der Waals surface area contributed by atoms with Crippen LogP contribution >= 0.6 is 11.3 Å². The molecule has 2 heterocycles. The second kappa shape index (κ2) is 6.83. The molecule has 23 heavy (non-hydrogen) atoms. The summed E-state index contributed by atoms with van der Waals surface area (Å²) in [5.74, 6) is -0.592. The van der Waals surface area contributed by atoms with Crippen LogP contribution in [0.4, 0.5) is 0 Å². The molecule has 0 saturated carbocycles. The van der Waals surface area contributed by atoms with E-state index < -0.39 is 12.0 Å². The summed E-state index contributed by atoms with van der Waals surface area (Å²) >= 11 is 1.44. The van der Waals surface area contributed by atoms with E-state index in [-0.39, 0.29) is 18.2 Å². The first-order valence-electron chi connectivity index (χ1n) is 7.40. The number of fused-ring (bicyclic) bond motifs is 1. The third kappa shape index (κ3) is 3.71. The number of nitrogens with one attached hydrogen (secondary N) is 1. The average Bonchev–Trinajstić information content (AvgIpc) is 3.07. The van der Waals surface area contributed by atoms with Crippen molar-refractivity contribution in [3.8, 4) is 5.75 Å². The maximum Gasteiger partial charge on any atom is 0.305 e. The monoisotopic (exact) mass is 331 g/mol. The second-order valence-electron chi connectivity index (χ2n) is 5.49. The highest BCUT2D eigenvalue weighted by Gasteiger charge is 2.28. The van der Waals surface area contributed by atoms with E-state index in [0.717, 1.165) is 16.2 Å². The number of carboxylic acids is 1. The van der Waals surface area contributed by atoms with Crippen molar-refractivity contribution in [1.29, 1.82) is 0 Å². The Labute approximate surface area is 137 Å². The lowest BCUT2D eigenvalue weighted by atomic mass is 9.95. The molecule has 0 spiro atoms. The maximum atomic E-state index is 12.5. The van der Waals surface area contributed by atoms with Crippen LogP contribution < -0.4 is 10.1 Å². The van der Waals surface area contributed by atoms with Crippen LogP contribution in [0.1, 0.15) is 22.9 Å². The second-order valence-corrected chi connectivity index (χ2v) is 6.47. The highest BCUT2D eigenvalue weighted by atomic mass is 32.1. The fourth-order valence-corrected chi connectivity index (χ4v) is 3.45. The van der Waals surface area contributed by atoms with E-state index >= 15 is 0 Å². The number of aliphatic carboxylic acids is 1. The number of carboxylic acid groups (broad SMARTS) is 1. The highest BCUT2D eigenvalue weighted by molar-refractivity contribution is 7.10. The zero-order valence-corrected chi connectivity index (χ0v) is 13.2. The lowest BCUT2D eigenvalue weighted by Gasteiger charge is -2.26. The molecule has 0 radical (unpaired) electrons. The third-order valence-electron chi connectivity index (χ3n) is 3.83. The number of hydrogen-bond acceptors (Lipinski definition) is 4. The van der Waals surface area contributed by atoms with E-state index in [4.69, 9.17) is 9.84 Å². The fourth-order valence-electron chi connectivity index (χ4n) is 2.67. The molecule has 0 fully saturated rings. The van der Waals surface area contributed by atoms with Gasteiger partial charge in [0.25, 0.3) is 0 Å². The molecule has 2 N–H and O–H groups in total. The Morgan fingerprint density at radius 1 is 1.30 bits per heavy atom. The van der Waals surface area contributed by atoms with Crippen LogP contribution in [-0.4, -0.2) is 23.6 Å². The average molecular weight is 331 g/mol. The van der Waals surface area contributed by atoms with E-state index in [2.05, 4.69) is 5.32 Å². The van der Waals surface area contributed by atoms with Crippen molar-refractivity contribution in [1.82, 2.24) is 5.32 Å². The van der Waals surface area contributed by atoms with E-state index in [1.807, 2.05) is 41.8 Å². The zero-order valence-electron chi connectivity index (χ0n) is 12.4. The molecule has 6 heteroatoms. The number of ether oxygens (including phenoxy) is 1. The molecule has 1 amide bonds. The number of carbonyl (C=O) groups is 2. The summed E-state index contributed by atoms with van der Waals surface area (Å²) in [5.41, 5.74) is 1.00. The summed E-state index contributed by atoms with van der Waals surface area (Å²) in [7, 11) is 0. The van der Waals surface area contributed by atoms with E-state index in [9.17, 15) is 9.59 Å². The van der Waals surface area contributed by atoms with Crippen LogP contribution in [0.5, 0.6) is 5.75 Å². The van der Waals surface area contributed by atoms with Gasteiger partial charge in [0.05, 0.1) is 18.4 Å². The quantitative estimate of drug-likeness (QED) is 0.883. The van der Waals surface area contributed by atoms with Crippen molar-refractivity contribution < 1.29 is 19.4 Å². The molecule has 1 aliphatic heterocycles. The van der Waals surface area contributed by atoms with Gasteiger partial charge in [0.1, 0.15) is 12.4 Å². The first kappa shape index (κ1) is 15.6. The molecular formula is C17H17NO4S. The molecule has 120 valence electrons. The van der Waals surface area contributed by atoms with Crippen LogP contribution in [0.2, 0.25) is 0 Å². The first-order valence-corrected chi connectivity index (χ1v) is 8.27. The standard InChI is InChI=1S/C17H17NO4S/c19-16(20)9-13(15-6-3-7-23-15)18-17(21)12-8-11-4-1-2-5-14(11)22-10-12/h1-7,12-13H,8-10H2,(H,18,21)(H,19,20)/t12-,13+/m1/s1. The summed E-state index contributed by atoms with van der Waals surface area (Å²) in [5, 5.41) is 13.8. The van der Waals surface area contributed by atoms with Crippen LogP contribution in [0.25, 0.3) is 0 Å². The lowest BCUT2D eigenvalue weighted by Crippen LogP contribution is -2.39. The number of hydrogen-bond donors (Lipinski definition) is 2. The number of amides is 1. The minimum atomic E-state index is -0.936. The molecule has 0 bridgehead atoms. The van der Waals surface area contributed by atoms with E-state index in [1.54, 1.807) is 0 Å². The lowest BCUT2D eigenvalue weighted by molar-refractivity contribution is -0.138. The molecule has 0 saturated heterocycles. The normalized spacial score (nSPS) is 17.7. The predicted molar refractivity (Wildman–Crippen MR) is 86.6 cm³/mol. The Hall–Kier alpha value is -2.34. The maximum absolute atomic E-state index is 12.5. The number of benzene rings is 1. The highest BCUT2D eigenvalue weighted by Crippen LogP contribution is 2.28. The van der Waals surface area contributed by atoms with Crippen LogP contribution in [-0.2, 0) is 16.0 Å². The molecule has 1 aliphatic rings. The van der Waals surface area contributed by atoms with E-state index in [1.165, 1.54) is 11.3 Å². The fraction of sp³-hybridized carbons (Fsp3) is 0.294. The van der Waals surface area contributed by atoms with Gasteiger partial charge in [-0.1, -0.05) is 24.3 Å². The summed E-state index contributed by atoms with van der Waals surface area (Å²) in [6.07, 6.45) is 0.475. The topological polar surface area (TPSA) is 75.6 Å². The predicted octanol–water partition coefficient (Wildman–Crippen LogP) is 2.63. The van der Waals surface area contributed by atoms with Gasteiger partial charge in [0.2, 0.25) is 5.91 Å². The van der Waals surface area contributed by atoms with Crippen LogP contribution in [0.15, 0.2) is 41.8 Å². The zero-order chi connectivity index (χ0) is 16.2. The molecular weight excluding hydrogens is 314 g/mol.